The van der Waals surface area contributed by atoms with Gasteiger partial charge in [-0.25, -0.2) is 0 Å². The molecule has 0 unspecified atom stereocenters. The van der Waals surface area contributed by atoms with Crippen LogP contribution in [-0.2, 0) is 4.79 Å². The van der Waals surface area contributed by atoms with E-state index < -0.39 is 6.04 Å². The quantitative estimate of drug-likeness (QED) is 0.523. The first kappa shape index (κ1) is 27.5. The summed E-state index contributed by atoms with van der Waals surface area (Å²) in [5, 5.41) is 0.427. The minimum absolute atomic E-state index is 0.0657. The number of amides is 3. The highest BCUT2D eigenvalue weighted by molar-refractivity contribution is 6.33. The van der Waals surface area contributed by atoms with Crippen LogP contribution in [-0.4, -0.2) is 79.3 Å². The molecule has 0 aromatic heterocycles. The summed E-state index contributed by atoms with van der Waals surface area (Å²) in [5.41, 5.74) is 0.935. The minimum Gasteiger partial charge on any atom is -0.493 e. The molecule has 7 nitrogen and oxygen atoms in total. The number of fused-ring (bicyclic) bond motifs is 1. The van der Waals surface area contributed by atoms with Crippen molar-refractivity contribution in [2.24, 2.45) is 0 Å². The molecule has 0 saturated heterocycles. The fraction of sp³-hybridized carbons (Fsp3) is 0.464. The Morgan fingerprint density at radius 2 is 1.75 bits per heavy atom. The second-order valence-corrected chi connectivity index (χ2v) is 9.71. The van der Waals surface area contributed by atoms with Crippen LogP contribution in [0, 0.1) is 0 Å². The smallest absolute Gasteiger partial charge is 0.258 e. The SMILES string of the molecule is CN(CCCC[C@H]1C(=O)N(C)CCCCCOc2ccccc2C(=O)N1C)C(=O)c1ccccc1Cl. The number of nitrogens with zero attached hydrogens (tertiary/aromatic N) is 3. The van der Waals surface area contributed by atoms with Gasteiger partial charge in [-0.15, -0.1) is 0 Å². The molecular weight excluding hydrogens is 478 g/mol. The van der Waals surface area contributed by atoms with Crippen LogP contribution in [0.15, 0.2) is 48.5 Å². The van der Waals surface area contributed by atoms with E-state index in [1.165, 1.54) is 4.90 Å². The summed E-state index contributed by atoms with van der Waals surface area (Å²) >= 11 is 6.17. The van der Waals surface area contributed by atoms with Crippen molar-refractivity contribution >= 4 is 29.3 Å². The Morgan fingerprint density at radius 1 is 1.03 bits per heavy atom. The van der Waals surface area contributed by atoms with Crippen molar-refractivity contribution in [1.29, 1.82) is 0 Å². The van der Waals surface area contributed by atoms with Crippen molar-refractivity contribution in [3.8, 4) is 5.75 Å². The summed E-state index contributed by atoms with van der Waals surface area (Å²) in [5.74, 6) is 0.113. The largest absolute Gasteiger partial charge is 0.493 e. The molecule has 0 spiro atoms. The Bertz CT molecular complexity index is 1060. The summed E-state index contributed by atoms with van der Waals surface area (Å²) < 4.78 is 5.91. The van der Waals surface area contributed by atoms with Gasteiger partial charge in [0.2, 0.25) is 5.91 Å². The van der Waals surface area contributed by atoms with Crippen molar-refractivity contribution in [3.05, 3.63) is 64.7 Å². The monoisotopic (exact) mass is 513 g/mol. The van der Waals surface area contributed by atoms with Crippen LogP contribution in [0.5, 0.6) is 5.75 Å². The Hall–Kier alpha value is -3.06. The number of rotatable bonds is 6. The second-order valence-electron chi connectivity index (χ2n) is 9.30. The Kier molecular flexibility index (Phi) is 10.2. The van der Waals surface area contributed by atoms with Crippen LogP contribution in [0.25, 0.3) is 0 Å². The number of ether oxygens (including phenoxy) is 1. The predicted molar refractivity (Wildman–Crippen MR) is 142 cm³/mol. The normalized spacial score (nSPS) is 17.4. The van der Waals surface area contributed by atoms with Gasteiger partial charge in [-0.2, -0.15) is 0 Å². The van der Waals surface area contributed by atoms with Gasteiger partial charge in [0.15, 0.2) is 0 Å². The van der Waals surface area contributed by atoms with E-state index in [-0.39, 0.29) is 17.7 Å². The maximum Gasteiger partial charge on any atom is 0.258 e. The molecule has 3 rings (SSSR count). The van der Waals surface area contributed by atoms with E-state index in [9.17, 15) is 14.4 Å². The van der Waals surface area contributed by atoms with Crippen molar-refractivity contribution in [2.45, 2.75) is 44.6 Å². The van der Waals surface area contributed by atoms with Crippen LogP contribution in [0.1, 0.15) is 59.2 Å². The standard InChI is InChI=1S/C28H36ClN3O4/c1-30(26(33)21-13-5-7-15-23(21)29)19-11-9-16-24-28(35)31(2)18-10-4-12-20-36-25-17-8-6-14-22(25)27(34)32(24)3/h5-8,13-15,17,24H,4,9-12,16,18-20H2,1-3H3/t24-/m0/s1. The fourth-order valence-electron chi connectivity index (χ4n) is 4.39. The molecule has 2 aromatic carbocycles. The summed E-state index contributed by atoms with van der Waals surface area (Å²) in [6.45, 7) is 1.70. The molecule has 194 valence electrons. The molecule has 3 amide bonds. The van der Waals surface area contributed by atoms with Gasteiger partial charge in [0.25, 0.3) is 11.8 Å². The third-order valence-electron chi connectivity index (χ3n) is 6.63. The zero-order chi connectivity index (χ0) is 26.1. The number of carbonyl (C=O) groups is 3. The molecule has 0 bridgehead atoms. The Morgan fingerprint density at radius 3 is 2.53 bits per heavy atom. The lowest BCUT2D eigenvalue weighted by molar-refractivity contribution is -0.134. The van der Waals surface area contributed by atoms with E-state index in [0.29, 0.717) is 60.9 Å². The highest BCUT2D eigenvalue weighted by Gasteiger charge is 2.31. The summed E-state index contributed by atoms with van der Waals surface area (Å²) in [6.07, 6.45) is 4.57. The average molecular weight is 514 g/mol. The zero-order valence-corrected chi connectivity index (χ0v) is 22.2. The highest BCUT2D eigenvalue weighted by Crippen LogP contribution is 2.23. The molecule has 2 aromatic rings. The van der Waals surface area contributed by atoms with Crippen molar-refractivity contribution < 1.29 is 19.1 Å². The van der Waals surface area contributed by atoms with E-state index >= 15 is 0 Å². The van der Waals surface area contributed by atoms with Crippen molar-refractivity contribution in [2.75, 3.05) is 40.8 Å². The number of likely N-dealkylation sites (N-methyl/N-ethyl adjacent to an activating group) is 2. The molecule has 0 radical (unpaired) electrons. The third-order valence-corrected chi connectivity index (χ3v) is 6.96. The van der Waals surface area contributed by atoms with E-state index in [4.69, 9.17) is 16.3 Å². The Balaban J connectivity index is 1.69. The third kappa shape index (κ3) is 7.00. The van der Waals surface area contributed by atoms with Gasteiger partial charge in [0.1, 0.15) is 11.8 Å². The van der Waals surface area contributed by atoms with Crippen LogP contribution >= 0.6 is 11.6 Å². The summed E-state index contributed by atoms with van der Waals surface area (Å²) in [6, 6.07) is 13.6. The molecule has 0 saturated carbocycles. The molecular formula is C28H36ClN3O4. The average Bonchev–Trinajstić information content (AvgIpc) is 2.89. The number of hydrogen-bond acceptors (Lipinski definition) is 4. The molecule has 1 aliphatic rings. The van der Waals surface area contributed by atoms with Gasteiger partial charge < -0.3 is 19.4 Å². The van der Waals surface area contributed by atoms with Crippen LogP contribution in [0.4, 0.5) is 0 Å². The lowest BCUT2D eigenvalue weighted by Crippen LogP contribution is -2.48. The first-order valence-electron chi connectivity index (χ1n) is 12.5. The first-order valence-corrected chi connectivity index (χ1v) is 12.9. The molecule has 0 fully saturated rings. The zero-order valence-electron chi connectivity index (χ0n) is 21.4. The maximum absolute atomic E-state index is 13.4. The number of carbonyl (C=O) groups excluding carboxylic acids is 3. The lowest BCUT2D eigenvalue weighted by atomic mass is 10.0. The number of unbranched alkanes of at least 4 members (excludes halogenated alkanes) is 1. The topological polar surface area (TPSA) is 70.2 Å². The van der Waals surface area contributed by atoms with Gasteiger partial charge >= 0.3 is 0 Å². The second kappa shape index (κ2) is 13.3. The summed E-state index contributed by atoms with van der Waals surface area (Å²) in [4.78, 5) is 44.5. The first-order chi connectivity index (χ1) is 17.3. The number of hydrogen-bond donors (Lipinski definition) is 0. The van der Waals surface area contributed by atoms with E-state index in [1.807, 2.05) is 6.07 Å². The highest BCUT2D eigenvalue weighted by atomic mass is 35.5. The van der Waals surface area contributed by atoms with E-state index in [2.05, 4.69) is 0 Å². The fourth-order valence-corrected chi connectivity index (χ4v) is 4.60. The molecule has 0 aliphatic carbocycles. The van der Waals surface area contributed by atoms with Gasteiger partial charge in [0.05, 0.1) is 22.8 Å². The van der Waals surface area contributed by atoms with Gasteiger partial charge in [0, 0.05) is 34.2 Å². The Labute approximate surface area is 219 Å². The van der Waals surface area contributed by atoms with Gasteiger partial charge in [-0.1, -0.05) is 35.9 Å². The van der Waals surface area contributed by atoms with Crippen molar-refractivity contribution in [1.82, 2.24) is 14.7 Å². The molecule has 36 heavy (non-hydrogen) atoms. The van der Waals surface area contributed by atoms with Gasteiger partial charge in [-0.3, -0.25) is 14.4 Å². The molecule has 1 aliphatic heterocycles. The molecule has 1 atom stereocenters. The number of para-hydroxylation sites is 1. The molecule has 0 N–H and O–H groups in total. The lowest BCUT2D eigenvalue weighted by Gasteiger charge is -2.31. The number of halogens is 1. The van der Waals surface area contributed by atoms with Crippen LogP contribution in [0.3, 0.4) is 0 Å². The van der Waals surface area contributed by atoms with Crippen LogP contribution < -0.4 is 4.74 Å². The van der Waals surface area contributed by atoms with Crippen molar-refractivity contribution in [3.63, 3.8) is 0 Å². The maximum atomic E-state index is 13.4. The van der Waals surface area contributed by atoms with Crippen LogP contribution in [0.2, 0.25) is 5.02 Å². The van der Waals surface area contributed by atoms with Gasteiger partial charge in [-0.05, 0) is 62.8 Å². The molecule has 1 heterocycles. The van der Waals surface area contributed by atoms with E-state index in [0.717, 1.165) is 19.3 Å². The minimum atomic E-state index is -0.596. The van der Waals surface area contributed by atoms with E-state index in [1.54, 1.807) is 73.4 Å². The summed E-state index contributed by atoms with van der Waals surface area (Å²) in [7, 11) is 5.23. The number of benzene rings is 2. The molecule has 8 heteroatoms. The predicted octanol–water partition coefficient (Wildman–Crippen LogP) is 4.74.